The molecule has 1 fully saturated rings. The molecule has 0 saturated carbocycles. The summed E-state index contributed by atoms with van der Waals surface area (Å²) in [6.07, 6.45) is 4.01. The number of carbonyl (C=O) groups excluding carboxylic acids is 1. The number of nitrogens with zero attached hydrogens (tertiary/aromatic N) is 6. The van der Waals surface area contributed by atoms with Crippen molar-refractivity contribution in [1.82, 2.24) is 29.6 Å². The van der Waals surface area contributed by atoms with Crippen LogP contribution in [-0.4, -0.2) is 55.7 Å². The molecule has 12 heteroatoms. The topological polar surface area (TPSA) is 101 Å². The number of anilines is 3. The molecule has 1 amide bonds. The fourth-order valence-electron chi connectivity index (χ4n) is 5.68. The smallest absolute Gasteiger partial charge is 0.324 e. The van der Waals surface area contributed by atoms with Gasteiger partial charge in [-0.2, -0.15) is 18.3 Å². The van der Waals surface area contributed by atoms with E-state index in [2.05, 4.69) is 35.6 Å². The zero-order chi connectivity index (χ0) is 32.4. The van der Waals surface area contributed by atoms with E-state index >= 15 is 0 Å². The second kappa shape index (κ2) is 12.7. The summed E-state index contributed by atoms with van der Waals surface area (Å²) >= 11 is 0. The summed E-state index contributed by atoms with van der Waals surface area (Å²) in [4.78, 5) is 28.7. The second-order valence-corrected chi connectivity index (χ2v) is 11.6. The van der Waals surface area contributed by atoms with Crippen LogP contribution in [0, 0.1) is 6.92 Å². The number of aromatic nitrogens is 5. The molecule has 1 aliphatic rings. The molecule has 1 aliphatic heterocycles. The second-order valence-electron chi connectivity index (χ2n) is 11.6. The van der Waals surface area contributed by atoms with Gasteiger partial charge in [0, 0.05) is 60.8 Å². The number of rotatable bonds is 7. The van der Waals surface area contributed by atoms with Crippen molar-refractivity contribution < 1.29 is 18.0 Å². The van der Waals surface area contributed by atoms with Crippen LogP contribution < -0.4 is 10.6 Å². The van der Waals surface area contributed by atoms with Crippen molar-refractivity contribution >= 4 is 23.2 Å². The number of likely N-dealkylation sites (N-methyl/N-ethyl adjacent to an activating group) is 1. The van der Waals surface area contributed by atoms with E-state index in [9.17, 15) is 18.0 Å². The Morgan fingerprint density at radius 3 is 2.50 bits per heavy atom. The van der Waals surface area contributed by atoms with E-state index in [1.54, 1.807) is 53.6 Å². The van der Waals surface area contributed by atoms with E-state index < -0.39 is 17.6 Å². The van der Waals surface area contributed by atoms with Crippen molar-refractivity contribution in [3.8, 4) is 22.5 Å². The lowest BCUT2D eigenvalue weighted by atomic mass is 9.89. The predicted octanol–water partition coefficient (Wildman–Crippen LogP) is 7.07. The molecule has 5 aromatic rings. The first-order valence-electron chi connectivity index (χ1n) is 14.9. The molecule has 0 bridgehead atoms. The van der Waals surface area contributed by atoms with Gasteiger partial charge in [-0.1, -0.05) is 12.1 Å². The Bertz CT molecular complexity index is 1890. The average molecular weight is 627 g/mol. The van der Waals surface area contributed by atoms with Crippen molar-refractivity contribution in [3.05, 3.63) is 102 Å². The normalized spacial score (nSPS) is 15.5. The Kier molecular flexibility index (Phi) is 8.55. The zero-order valence-corrected chi connectivity index (χ0v) is 25.6. The third-order valence-corrected chi connectivity index (χ3v) is 8.14. The third kappa shape index (κ3) is 6.91. The summed E-state index contributed by atoms with van der Waals surface area (Å²) in [6, 6.07) is 14.7. The van der Waals surface area contributed by atoms with Crippen molar-refractivity contribution in [3.63, 3.8) is 0 Å². The van der Waals surface area contributed by atoms with Crippen LogP contribution in [0.1, 0.15) is 45.8 Å². The number of likely N-dealkylation sites (tertiary alicyclic amines) is 1. The lowest BCUT2D eigenvalue weighted by molar-refractivity contribution is -0.137. The van der Waals surface area contributed by atoms with Gasteiger partial charge in [0.2, 0.25) is 5.95 Å². The Morgan fingerprint density at radius 1 is 0.957 bits per heavy atom. The lowest BCUT2D eigenvalue weighted by Gasteiger charge is -2.30. The van der Waals surface area contributed by atoms with Gasteiger partial charge >= 0.3 is 6.18 Å². The van der Waals surface area contributed by atoms with E-state index in [1.165, 1.54) is 12.1 Å². The number of amides is 1. The molecule has 0 radical (unpaired) electrons. The van der Waals surface area contributed by atoms with Crippen LogP contribution >= 0.6 is 0 Å². The molecule has 236 valence electrons. The number of benzene rings is 2. The number of carbonyl (C=O) groups is 1. The molecule has 1 saturated heterocycles. The molecule has 0 aliphatic carbocycles. The van der Waals surface area contributed by atoms with Gasteiger partial charge in [0.25, 0.3) is 5.91 Å². The highest BCUT2D eigenvalue weighted by Crippen LogP contribution is 2.38. The summed E-state index contributed by atoms with van der Waals surface area (Å²) in [7, 11) is 3.82. The molecular formula is C34H33F3N8O. The van der Waals surface area contributed by atoms with Crippen LogP contribution in [0.3, 0.4) is 0 Å². The molecule has 0 spiro atoms. The Balaban J connectivity index is 1.22. The highest BCUT2D eigenvalue weighted by Gasteiger charge is 2.35. The van der Waals surface area contributed by atoms with Crippen LogP contribution in [0.4, 0.5) is 30.5 Å². The van der Waals surface area contributed by atoms with Gasteiger partial charge in [-0.05, 0) is 92.9 Å². The molecular weight excluding hydrogens is 593 g/mol. The summed E-state index contributed by atoms with van der Waals surface area (Å²) in [6.45, 7) is 3.47. The van der Waals surface area contributed by atoms with Crippen LogP contribution in [0.5, 0.6) is 0 Å². The van der Waals surface area contributed by atoms with Crippen LogP contribution in [-0.2, 0) is 13.2 Å². The molecule has 4 heterocycles. The number of nitrogens with one attached hydrogen (secondary N) is 2. The molecule has 2 N–H and O–H groups in total. The molecule has 6 rings (SSSR count). The number of alkyl halides is 3. The van der Waals surface area contributed by atoms with Crippen molar-refractivity contribution in [1.29, 1.82) is 0 Å². The van der Waals surface area contributed by atoms with Crippen molar-refractivity contribution in [2.24, 2.45) is 7.05 Å². The van der Waals surface area contributed by atoms with E-state index in [0.717, 1.165) is 41.8 Å². The summed E-state index contributed by atoms with van der Waals surface area (Å²) < 4.78 is 44.2. The molecule has 46 heavy (non-hydrogen) atoms. The number of halogens is 3. The monoisotopic (exact) mass is 626 g/mol. The van der Waals surface area contributed by atoms with Crippen LogP contribution in [0.25, 0.3) is 22.5 Å². The Morgan fingerprint density at radius 2 is 1.76 bits per heavy atom. The van der Waals surface area contributed by atoms with E-state index in [-0.39, 0.29) is 23.1 Å². The predicted molar refractivity (Wildman–Crippen MR) is 171 cm³/mol. The fourth-order valence-corrected chi connectivity index (χ4v) is 5.68. The third-order valence-electron chi connectivity index (χ3n) is 8.14. The standard InChI is InChI=1S/C34H33F3N8O/c1-21-6-7-23(32(46)40-30-9-8-22(16-27(30)34(35,36)37)24-5-4-13-44(2)20-24)17-31(21)42-33-39-12-10-28(41-33)25-15-26(19-38-18-25)29-11-14-45(3)43-29/h6-12,14-19,24H,4-5,13,20H2,1-3H3,(H,40,46)(H,39,41,42). The number of piperidine rings is 1. The van der Waals surface area contributed by atoms with Gasteiger partial charge in [-0.25, -0.2) is 9.97 Å². The van der Waals surface area contributed by atoms with Crippen molar-refractivity contribution in [2.75, 3.05) is 30.8 Å². The Hall–Kier alpha value is -5.10. The van der Waals surface area contributed by atoms with Gasteiger partial charge < -0.3 is 15.5 Å². The zero-order valence-electron chi connectivity index (χ0n) is 25.6. The maximum Gasteiger partial charge on any atom is 0.418 e. The molecule has 1 unspecified atom stereocenters. The van der Waals surface area contributed by atoms with Gasteiger partial charge in [0.05, 0.1) is 22.6 Å². The molecule has 1 atom stereocenters. The summed E-state index contributed by atoms with van der Waals surface area (Å²) in [5, 5.41) is 10.1. The van der Waals surface area contributed by atoms with Gasteiger partial charge in [-0.15, -0.1) is 0 Å². The summed E-state index contributed by atoms with van der Waals surface area (Å²) in [5.74, 6) is -0.368. The molecule has 3 aromatic heterocycles. The highest BCUT2D eigenvalue weighted by molar-refractivity contribution is 6.05. The van der Waals surface area contributed by atoms with Gasteiger partial charge in [0.15, 0.2) is 0 Å². The van der Waals surface area contributed by atoms with Crippen LogP contribution in [0.15, 0.2) is 79.4 Å². The minimum Gasteiger partial charge on any atom is -0.324 e. The number of hydrogen-bond acceptors (Lipinski definition) is 7. The average Bonchev–Trinajstić information content (AvgIpc) is 3.48. The molecule has 2 aromatic carbocycles. The number of pyridine rings is 1. The largest absolute Gasteiger partial charge is 0.418 e. The molecule has 9 nitrogen and oxygen atoms in total. The first-order chi connectivity index (χ1) is 22.0. The van der Waals surface area contributed by atoms with E-state index in [1.807, 2.05) is 39.3 Å². The SMILES string of the molecule is Cc1ccc(C(=O)Nc2ccc(C3CCCN(C)C3)cc2C(F)(F)F)cc1Nc1nccc(-c2cncc(-c3ccn(C)n3)c2)n1. The van der Waals surface area contributed by atoms with Gasteiger partial charge in [-0.3, -0.25) is 14.5 Å². The van der Waals surface area contributed by atoms with E-state index in [4.69, 9.17) is 0 Å². The number of aryl methyl sites for hydroxylation is 2. The highest BCUT2D eigenvalue weighted by atomic mass is 19.4. The number of hydrogen-bond donors (Lipinski definition) is 2. The maximum absolute atomic E-state index is 14.2. The van der Waals surface area contributed by atoms with Crippen LogP contribution in [0.2, 0.25) is 0 Å². The quantitative estimate of drug-likeness (QED) is 0.199. The first-order valence-corrected chi connectivity index (χ1v) is 14.9. The Labute approximate surface area is 264 Å². The van der Waals surface area contributed by atoms with Gasteiger partial charge in [0.1, 0.15) is 0 Å². The van der Waals surface area contributed by atoms with Crippen molar-refractivity contribution in [2.45, 2.75) is 31.9 Å². The lowest BCUT2D eigenvalue weighted by Crippen LogP contribution is -2.31. The minimum atomic E-state index is -4.63. The van der Waals surface area contributed by atoms with E-state index in [0.29, 0.717) is 23.5 Å². The maximum atomic E-state index is 14.2. The summed E-state index contributed by atoms with van der Waals surface area (Å²) in [5.41, 5.74) is 4.01. The fraction of sp³-hybridized carbons (Fsp3) is 0.265. The minimum absolute atomic E-state index is 0.0112. The first kappa shape index (κ1) is 30.9.